The molecule has 0 radical (unpaired) electrons. The molecule has 1 rings (SSSR count). The van der Waals surface area contributed by atoms with Crippen LogP contribution in [0.4, 0.5) is 0 Å². The van der Waals surface area contributed by atoms with Gasteiger partial charge in [0.15, 0.2) is 0 Å². The Morgan fingerprint density at radius 2 is 2.33 bits per heavy atom. The van der Waals surface area contributed by atoms with Crippen molar-refractivity contribution < 1.29 is 0 Å². The molecule has 0 spiro atoms. The molecule has 1 aliphatic rings. The Kier molecular flexibility index (Phi) is 0.907. The van der Waals surface area contributed by atoms with Gasteiger partial charge in [-0.05, 0) is 18.3 Å². The second-order valence-electron chi connectivity index (χ2n) is 2.38. The van der Waals surface area contributed by atoms with Crippen LogP contribution in [0.2, 0.25) is 6.32 Å². The van der Waals surface area contributed by atoms with Crippen LogP contribution in [0.5, 0.6) is 0 Å². The predicted molar refractivity (Wildman–Crippen MR) is 30.6 cm³/mol. The first kappa shape index (κ1) is 4.23. The van der Waals surface area contributed by atoms with E-state index < -0.39 is 0 Å². The molecule has 1 saturated carbocycles. The van der Waals surface area contributed by atoms with Gasteiger partial charge in [-0.1, -0.05) is 13.2 Å². The first-order valence-corrected chi connectivity index (χ1v) is 2.84. The summed E-state index contributed by atoms with van der Waals surface area (Å²) in [5, 5.41) is 0. The van der Waals surface area contributed by atoms with E-state index in [9.17, 15) is 0 Å². The van der Waals surface area contributed by atoms with Crippen molar-refractivity contribution in [2.75, 3.05) is 0 Å². The van der Waals surface area contributed by atoms with Crippen LogP contribution in [0.25, 0.3) is 0 Å². The molecule has 0 N–H and O–H groups in total. The van der Waals surface area contributed by atoms with Crippen LogP contribution in [-0.2, 0) is 0 Å². The molecule has 0 aromatic rings. The van der Waals surface area contributed by atoms with Crippen molar-refractivity contribution in [3.63, 3.8) is 0 Å². The van der Waals surface area contributed by atoms with E-state index in [0.29, 0.717) is 0 Å². The van der Waals surface area contributed by atoms with Gasteiger partial charge >= 0.3 is 0 Å². The van der Waals surface area contributed by atoms with E-state index in [1.807, 2.05) is 0 Å². The molecule has 0 aliphatic heterocycles. The summed E-state index contributed by atoms with van der Waals surface area (Å²) in [7, 11) is 2.27. The van der Waals surface area contributed by atoms with Gasteiger partial charge < -0.3 is 0 Å². The van der Waals surface area contributed by atoms with Crippen LogP contribution in [0, 0.1) is 11.8 Å². The molecule has 34 valence electrons. The summed E-state index contributed by atoms with van der Waals surface area (Å²) < 4.78 is 0. The maximum Gasteiger partial charge on any atom is 0.101 e. The van der Waals surface area contributed by atoms with Gasteiger partial charge in [-0.25, -0.2) is 0 Å². The Hall–Kier alpha value is 0.0649. The smallest absolute Gasteiger partial charge is 0.0780 e. The van der Waals surface area contributed by atoms with Crippen molar-refractivity contribution in [2.24, 2.45) is 11.8 Å². The molecule has 2 unspecified atom stereocenters. The summed E-state index contributed by atoms with van der Waals surface area (Å²) in [4.78, 5) is 0. The normalized spacial score (nSPS) is 42.8. The Morgan fingerprint density at radius 3 is 2.33 bits per heavy atom. The molecule has 1 fully saturated rings. The van der Waals surface area contributed by atoms with E-state index in [0.717, 1.165) is 11.8 Å². The quantitative estimate of drug-likeness (QED) is 0.408. The van der Waals surface area contributed by atoms with Crippen LogP contribution >= 0.6 is 0 Å². The van der Waals surface area contributed by atoms with E-state index in [4.69, 9.17) is 0 Å². The van der Waals surface area contributed by atoms with E-state index in [1.54, 1.807) is 0 Å². The summed E-state index contributed by atoms with van der Waals surface area (Å²) >= 11 is 0. The van der Waals surface area contributed by atoms with E-state index in [2.05, 4.69) is 14.8 Å². The molecule has 0 nitrogen and oxygen atoms in total. The van der Waals surface area contributed by atoms with Gasteiger partial charge in [0.25, 0.3) is 0 Å². The van der Waals surface area contributed by atoms with Crippen LogP contribution in [-0.4, -0.2) is 7.85 Å². The highest BCUT2D eigenvalue weighted by Crippen LogP contribution is 2.39. The highest BCUT2D eigenvalue weighted by molar-refractivity contribution is 6.08. The average Bonchev–Trinajstić information content (AvgIpc) is 2.19. The van der Waals surface area contributed by atoms with Crippen molar-refractivity contribution >= 4 is 7.85 Å². The van der Waals surface area contributed by atoms with Crippen molar-refractivity contribution in [3.8, 4) is 0 Å². The van der Waals surface area contributed by atoms with Gasteiger partial charge in [-0.3, -0.25) is 0 Å². The Morgan fingerprint density at radius 1 is 1.83 bits per heavy atom. The second kappa shape index (κ2) is 1.29. The van der Waals surface area contributed by atoms with Crippen LogP contribution < -0.4 is 0 Å². The Bertz CT molecular complexity index is 49.9. The van der Waals surface area contributed by atoms with Gasteiger partial charge in [-0.2, -0.15) is 0 Å². The highest BCUT2D eigenvalue weighted by atomic mass is 14.3. The van der Waals surface area contributed by atoms with Gasteiger partial charge in [0, 0.05) is 0 Å². The molecule has 1 aliphatic carbocycles. The van der Waals surface area contributed by atoms with Crippen molar-refractivity contribution in [3.05, 3.63) is 0 Å². The SMILES string of the molecule is BCC1CC1C. The third-order valence-corrected chi connectivity index (χ3v) is 1.80. The molecule has 0 saturated heterocycles. The summed E-state index contributed by atoms with van der Waals surface area (Å²) in [6, 6.07) is 0. The molecule has 2 atom stereocenters. The van der Waals surface area contributed by atoms with Crippen LogP contribution in [0.15, 0.2) is 0 Å². The van der Waals surface area contributed by atoms with E-state index in [1.165, 1.54) is 12.7 Å². The van der Waals surface area contributed by atoms with Crippen LogP contribution in [0.1, 0.15) is 13.3 Å². The number of hydrogen-bond donors (Lipinski definition) is 0. The van der Waals surface area contributed by atoms with Crippen molar-refractivity contribution in [1.29, 1.82) is 0 Å². The minimum Gasteiger partial charge on any atom is -0.0780 e. The lowest BCUT2D eigenvalue weighted by Crippen LogP contribution is -1.72. The third kappa shape index (κ3) is 0.587. The maximum absolute atomic E-state index is 2.33. The summed E-state index contributed by atoms with van der Waals surface area (Å²) in [5.41, 5.74) is 0. The molecule has 0 heterocycles. The van der Waals surface area contributed by atoms with Gasteiger partial charge in [0.05, 0.1) is 0 Å². The molecular formula is C5H11B. The molecular weight excluding hydrogens is 70.9 g/mol. The highest BCUT2D eigenvalue weighted by Gasteiger charge is 2.29. The lowest BCUT2D eigenvalue weighted by atomic mass is 10.00. The molecule has 1 heteroatoms. The zero-order valence-electron chi connectivity index (χ0n) is 4.57. The summed E-state index contributed by atoms with van der Waals surface area (Å²) in [5.74, 6) is 2.17. The molecule has 0 bridgehead atoms. The molecule has 0 aromatic carbocycles. The fourth-order valence-electron chi connectivity index (χ4n) is 0.968. The predicted octanol–water partition coefficient (Wildman–Crippen LogP) is 0.694. The zero-order chi connectivity index (χ0) is 4.57. The number of rotatable bonds is 1. The minimum atomic E-state index is 1.06. The second-order valence-corrected chi connectivity index (χ2v) is 2.38. The van der Waals surface area contributed by atoms with Crippen molar-refractivity contribution in [1.82, 2.24) is 0 Å². The molecule has 0 amide bonds. The molecule has 6 heavy (non-hydrogen) atoms. The first-order valence-electron chi connectivity index (χ1n) is 2.84. The lowest BCUT2D eigenvalue weighted by Gasteiger charge is -1.78. The van der Waals surface area contributed by atoms with E-state index in [-0.39, 0.29) is 0 Å². The Labute approximate surface area is 40.3 Å². The minimum absolute atomic E-state index is 1.06. The average molecular weight is 82.0 g/mol. The summed E-state index contributed by atoms with van der Waals surface area (Å²) in [6.45, 7) is 2.33. The maximum atomic E-state index is 2.33. The number of hydrogen-bond acceptors (Lipinski definition) is 0. The third-order valence-electron chi connectivity index (χ3n) is 1.80. The largest absolute Gasteiger partial charge is 0.101 e. The summed E-state index contributed by atoms with van der Waals surface area (Å²) in [6.07, 6.45) is 2.90. The van der Waals surface area contributed by atoms with E-state index >= 15 is 0 Å². The first-order chi connectivity index (χ1) is 2.84. The van der Waals surface area contributed by atoms with Gasteiger partial charge in [0.2, 0.25) is 0 Å². The van der Waals surface area contributed by atoms with Crippen LogP contribution in [0.3, 0.4) is 0 Å². The van der Waals surface area contributed by atoms with Gasteiger partial charge in [-0.15, -0.1) is 0 Å². The van der Waals surface area contributed by atoms with Crippen molar-refractivity contribution in [2.45, 2.75) is 19.7 Å². The fourth-order valence-corrected chi connectivity index (χ4v) is 0.968. The Balaban J connectivity index is 2.09. The molecule has 0 aromatic heterocycles. The zero-order valence-corrected chi connectivity index (χ0v) is 4.57. The lowest BCUT2D eigenvalue weighted by molar-refractivity contribution is 0.833. The van der Waals surface area contributed by atoms with Gasteiger partial charge in [0.1, 0.15) is 7.85 Å². The fraction of sp³-hybridized carbons (Fsp3) is 1.00. The topological polar surface area (TPSA) is 0 Å². The standard InChI is InChI=1S/C5H11B/c1-4-2-5(4)3-6/h4-5H,2-3,6H2,1H3. The monoisotopic (exact) mass is 82.1 g/mol.